The van der Waals surface area contributed by atoms with Crippen molar-refractivity contribution in [2.24, 2.45) is 0 Å². The molecular weight excluding hydrogens is 400 g/mol. The molecule has 0 aliphatic rings. The molecule has 26 heavy (non-hydrogen) atoms. The Balaban J connectivity index is 2.13. The Hall–Kier alpha value is -3.11. The van der Waals surface area contributed by atoms with Crippen LogP contribution in [0.25, 0.3) is 6.08 Å². The molecule has 0 heterocycles. The van der Waals surface area contributed by atoms with Gasteiger partial charge in [0.1, 0.15) is 17.4 Å². The summed E-state index contributed by atoms with van der Waals surface area (Å²) in [6.45, 7) is -0.215. The van der Waals surface area contributed by atoms with Crippen LogP contribution in [0.5, 0.6) is 5.75 Å². The van der Waals surface area contributed by atoms with Crippen LogP contribution in [0.4, 0.5) is 5.69 Å². The van der Waals surface area contributed by atoms with Crippen LogP contribution >= 0.6 is 15.9 Å². The van der Waals surface area contributed by atoms with Gasteiger partial charge >= 0.3 is 5.97 Å². The van der Waals surface area contributed by atoms with Crippen LogP contribution in [0, 0.1) is 11.3 Å². The molecule has 6 nitrogen and oxygen atoms in total. The first kappa shape index (κ1) is 19.2. The van der Waals surface area contributed by atoms with Gasteiger partial charge in [0.25, 0.3) is 5.91 Å². The maximum Gasteiger partial charge on any atom is 0.343 e. The monoisotopic (exact) mass is 414 g/mol. The Morgan fingerprint density at radius 3 is 2.58 bits per heavy atom. The van der Waals surface area contributed by atoms with Gasteiger partial charge in [-0.1, -0.05) is 24.3 Å². The fourth-order valence-electron chi connectivity index (χ4n) is 1.95. The number of anilines is 1. The first-order valence-corrected chi connectivity index (χ1v) is 8.30. The van der Waals surface area contributed by atoms with Gasteiger partial charge in [-0.05, 0) is 51.8 Å². The summed E-state index contributed by atoms with van der Waals surface area (Å²) in [5.74, 6) is -0.550. The molecule has 0 aliphatic carbocycles. The molecule has 0 fully saturated rings. The van der Waals surface area contributed by atoms with Crippen LogP contribution in [-0.4, -0.2) is 25.6 Å². The Morgan fingerprint density at radius 2 is 1.96 bits per heavy atom. The van der Waals surface area contributed by atoms with E-state index in [-0.39, 0.29) is 12.2 Å². The largest absolute Gasteiger partial charge is 0.481 e. The number of ether oxygens (including phenoxy) is 2. The summed E-state index contributed by atoms with van der Waals surface area (Å²) in [7, 11) is 1.28. The third-order valence-corrected chi connectivity index (χ3v) is 3.86. The van der Waals surface area contributed by atoms with E-state index in [9.17, 15) is 14.9 Å². The van der Waals surface area contributed by atoms with Crippen molar-refractivity contribution in [3.05, 3.63) is 64.1 Å². The number of benzene rings is 2. The predicted molar refractivity (Wildman–Crippen MR) is 100 cm³/mol. The SMILES string of the molecule is COC(=O)COc1ccc(/C=C(/C#N)C(=O)Nc2ccccc2)cc1Br. The molecule has 132 valence electrons. The predicted octanol–water partition coefficient (Wildman–Crippen LogP) is 3.55. The number of nitriles is 1. The molecule has 0 saturated carbocycles. The first-order valence-electron chi connectivity index (χ1n) is 7.51. The lowest BCUT2D eigenvalue weighted by atomic mass is 10.1. The Kier molecular flexibility index (Phi) is 6.94. The van der Waals surface area contributed by atoms with E-state index in [4.69, 9.17) is 4.74 Å². The normalized spacial score (nSPS) is 10.6. The Morgan fingerprint density at radius 1 is 1.23 bits per heavy atom. The van der Waals surface area contributed by atoms with E-state index in [2.05, 4.69) is 26.0 Å². The van der Waals surface area contributed by atoms with Gasteiger partial charge in [-0.15, -0.1) is 0 Å². The molecule has 0 aliphatic heterocycles. The van der Waals surface area contributed by atoms with Gasteiger partial charge in [0, 0.05) is 5.69 Å². The molecule has 1 N–H and O–H groups in total. The van der Waals surface area contributed by atoms with E-state index in [0.717, 1.165) is 0 Å². The highest BCUT2D eigenvalue weighted by molar-refractivity contribution is 9.10. The molecule has 2 aromatic rings. The zero-order valence-electron chi connectivity index (χ0n) is 13.9. The summed E-state index contributed by atoms with van der Waals surface area (Å²) >= 11 is 3.33. The number of amides is 1. The van der Waals surface area contributed by atoms with Crippen molar-refractivity contribution < 1.29 is 19.1 Å². The minimum Gasteiger partial charge on any atom is -0.481 e. The fraction of sp³-hybridized carbons (Fsp3) is 0.105. The number of nitrogens with zero attached hydrogens (tertiary/aromatic N) is 1. The number of methoxy groups -OCH3 is 1. The molecule has 7 heteroatoms. The van der Waals surface area contributed by atoms with E-state index >= 15 is 0 Å². The van der Waals surface area contributed by atoms with Crippen molar-refractivity contribution in [3.8, 4) is 11.8 Å². The standard InChI is InChI=1S/C19H15BrN2O4/c1-25-18(23)12-26-17-8-7-13(10-16(17)20)9-14(11-21)19(24)22-15-5-3-2-4-6-15/h2-10H,12H2,1H3,(H,22,24)/b14-9-. The average Bonchev–Trinajstić information content (AvgIpc) is 2.65. The highest BCUT2D eigenvalue weighted by Gasteiger charge is 2.11. The van der Waals surface area contributed by atoms with Crippen molar-refractivity contribution in [1.29, 1.82) is 5.26 Å². The Labute approximate surface area is 159 Å². The second kappa shape index (κ2) is 9.39. The van der Waals surface area contributed by atoms with Crippen molar-refractivity contribution >= 4 is 39.6 Å². The number of carbonyl (C=O) groups excluding carboxylic acids is 2. The maximum atomic E-state index is 12.2. The number of nitrogens with one attached hydrogen (secondary N) is 1. The van der Waals surface area contributed by atoms with Crippen molar-refractivity contribution in [2.75, 3.05) is 19.0 Å². The van der Waals surface area contributed by atoms with Gasteiger partial charge in [0.15, 0.2) is 6.61 Å². The number of hydrogen-bond acceptors (Lipinski definition) is 5. The van der Waals surface area contributed by atoms with Crippen LogP contribution in [0.15, 0.2) is 58.6 Å². The summed E-state index contributed by atoms with van der Waals surface area (Å²) in [5, 5.41) is 11.9. The highest BCUT2D eigenvalue weighted by Crippen LogP contribution is 2.27. The average molecular weight is 415 g/mol. The van der Waals surface area contributed by atoms with E-state index in [1.54, 1.807) is 42.5 Å². The first-order chi connectivity index (χ1) is 12.5. The van der Waals surface area contributed by atoms with Crippen LogP contribution < -0.4 is 10.1 Å². The zero-order chi connectivity index (χ0) is 18.9. The molecule has 0 unspecified atom stereocenters. The summed E-state index contributed by atoms with van der Waals surface area (Å²) in [6.07, 6.45) is 1.47. The number of carbonyl (C=O) groups is 2. The Bertz CT molecular complexity index is 873. The van der Waals surface area contributed by atoms with Gasteiger partial charge in [0.2, 0.25) is 0 Å². The fourth-order valence-corrected chi connectivity index (χ4v) is 2.47. The van der Waals surface area contributed by atoms with Crippen molar-refractivity contribution in [2.45, 2.75) is 0 Å². The van der Waals surface area contributed by atoms with Gasteiger partial charge in [0.05, 0.1) is 11.6 Å². The molecule has 1 amide bonds. The smallest absolute Gasteiger partial charge is 0.343 e. The molecule has 0 aromatic heterocycles. The lowest BCUT2D eigenvalue weighted by Crippen LogP contribution is -2.13. The zero-order valence-corrected chi connectivity index (χ0v) is 15.4. The van der Waals surface area contributed by atoms with E-state index in [0.29, 0.717) is 21.5 Å². The molecule has 2 rings (SSSR count). The molecular formula is C19H15BrN2O4. The highest BCUT2D eigenvalue weighted by atomic mass is 79.9. The minimum absolute atomic E-state index is 0.0380. The van der Waals surface area contributed by atoms with Crippen LogP contribution in [0.2, 0.25) is 0 Å². The third kappa shape index (κ3) is 5.46. The number of para-hydroxylation sites is 1. The van der Waals surface area contributed by atoms with Crippen LogP contribution in [0.3, 0.4) is 0 Å². The number of esters is 1. The van der Waals surface area contributed by atoms with Gasteiger partial charge in [-0.3, -0.25) is 4.79 Å². The summed E-state index contributed by atoms with van der Waals surface area (Å²) < 4.78 is 10.4. The molecule has 0 bridgehead atoms. The van der Waals surface area contributed by atoms with Crippen molar-refractivity contribution in [3.63, 3.8) is 0 Å². The second-order valence-electron chi connectivity index (χ2n) is 5.04. The lowest BCUT2D eigenvalue weighted by Gasteiger charge is -2.08. The van der Waals surface area contributed by atoms with Gasteiger partial charge in [-0.25, -0.2) is 4.79 Å². The quantitative estimate of drug-likeness (QED) is 0.443. The molecule has 0 saturated heterocycles. The topological polar surface area (TPSA) is 88.4 Å². The van der Waals surface area contributed by atoms with E-state index < -0.39 is 11.9 Å². The minimum atomic E-state index is -0.499. The van der Waals surface area contributed by atoms with Gasteiger partial charge < -0.3 is 14.8 Å². The number of halogens is 1. The van der Waals surface area contributed by atoms with E-state index in [1.807, 2.05) is 12.1 Å². The van der Waals surface area contributed by atoms with Crippen LogP contribution in [0.1, 0.15) is 5.56 Å². The third-order valence-electron chi connectivity index (χ3n) is 3.24. The maximum absolute atomic E-state index is 12.2. The summed E-state index contributed by atoms with van der Waals surface area (Å²) in [4.78, 5) is 23.3. The number of rotatable bonds is 6. The lowest BCUT2D eigenvalue weighted by molar-refractivity contribution is -0.142. The summed E-state index contributed by atoms with van der Waals surface area (Å²) in [5.41, 5.74) is 1.19. The molecule has 0 atom stereocenters. The second-order valence-corrected chi connectivity index (χ2v) is 5.90. The molecule has 0 radical (unpaired) electrons. The molecule has 0 spiro atoms. The van der Waals surface area contributed by atoms with Gasteiger partial charge in [-0.2, -0.15) is 5.26 Å². The summed E-state index contributed by atoms with van der Waals surface area (Å²) in [6, 6.07) is 15.7. The number of hydrogen-bond donors (Lipinski definition) is 1. The van der Waals surface area contributed by atoms with Crippen molar-refractivity contribution in [1.82, 2.24) is 0 Å². The van der Waals surface area contributed by atoms with Crippen LogP contribution in [-0.2, 0) is 14.3 Å². The van der Waals surface area contributed by atoms with E-state index in [1.165, 1.54) is 13.2 Å². The molecule has 2 aromatic carbocycles.